The van der Waals surface area contributed by atoms with Gasteiger partial charge in [0.1, 0.15) is 0 Å². The minimum Gasteiger partial charge on any atom is -0.373 e. The summed E-state index contributed by atoms with van der Waals surface area (Å²) in [6.45, 7) is 7.55. The molecule has 0 unspecified atom stereocenters. The van der Waals surface area contributed by atoms with Crippen molar-refractivity contribution in [3.05, 3.63) is 34.9 Å². The van der Waals surface area contributed by atoms with E-state index in [9.17, 15) is 0 Å². The van der Waals surface area contributed by atoms with Gasteiger partial charge in [-0.1, -0.05) is 45.4 Å². The molecule has 0 aromatic heterocycles. The van der Waals surface area contributed by atoms with Crippen molar-refractivity contribution < 1.29 is 4.74 Å². The fraction of sp³-hybridized carbons (Fsp3) is 0.600. The molecule has 1 aromatic rings. The van der Waals surface area contributed by atoms with E-state index < -0.39 is 0 Å². The van der Waals surface area contributed by atoms with Crippen molar-refractivity contribution in [2.24, 2.45) is 5.92 Å². The summed E-state index contributed by atoms with van der Waals surface area (Å²) in [7, 11) is 0. The molecular formula is C15H22O. The summed E-state index contributed by atoms with van der Waals surface area (Å²) >= 11 is 0. The first-order valence-corrected chi connectivity index (χ1v) is 6.43. The van der Waals surface area contributed by atoms with Gasteiger partial charge in [-0.15, -0.1) is 0 Å². The maximum atomic E-state index is 5.90. The molecule has 0 N–H and O–H groups in total. The number of hydrogen-bond donors (Lipinski definition) is 0. The lowest BCUT2D eigenvalue weighted by Gasteiger charge is -2.29. The molecule has 16 heavy (non-hydrogen) atoms. The van der Waals surface area contributed by atoms with Gasteiger partial charge < -0.3 is 4.74 Å². The first kappa shape index (κ1) is 11.7. The summed E-state index contributed by atoms with van der Waals surface area (Å²) in [6.07, 6.45) is 3.94. The molecule has 0 bridgehead atoms. The third kappa shape index (κ3) is 2.30. The van der Waals surface area contributed by atoms with Crippen LogP contribution in [0.1, 0.15) is 43.9 Å². The smallest absolute Gasteiger partial charge is 0.0723 e. The summed E-state index contributed by atoms with van der Waals surface area (Å²) in [5.41, 5.74) is 4.51. The van der Waals surface area contributed by atoms with Crippen LogP contribution in [0.25, 0.3) is 0 Å². The van der Waals surface area contributed by atoms with Crippen LogP contribution in [0, 0.1) is 5.92 Å². The van der Waals surface area contributed by atoms with E-state index in [-0.39, 0.29) is 0 Å². The second-order valence-corrected chi connectivity index (χ2v) is 5.10. The van der Waals surface area contributed by atoms with Crippen LogP contribution in [-0.2, 0) is 24.2 Å². The Kier molecular flexibility index (Phi) is 3.65. The Labute approximate surface area is 98.8 Å². The maximum Gasteiger partial charge on any atom is 0.0723 e. The van der Waals surface area contributed by atoms with E-state index in [1.165, 1.54) is 24.0 Å². The van der Waals surface area contributed by atoms with Gasteiger partial charge in [-0.3, -0.25) is 0 Å². The van der Waals surface area contributed by atoms with Gasteiger partial charge in [0.05, 0.1) is 12.7 Å². The van der Waals surface area contributed by atoms with Crippen LogP contribution in [0.5, 0.6) is 0 Å². The third-order valence-corrected chi connectivity index (χ3v) is 3.49. The predicted octanol–water partition coefficient (Wildman–Crippen LogP) is 3.74. The number of rotatable bonds is 3. The number of benzene rings is 1. The van der Waals surface area contributed by atoms with Crippen molar-refractivity contribution in [1.82, 2.24) is 0 Å². The minimum absolute atomic E-state index is 0.408. The zero-order valence-corrected chi connectivity index (χ0v) is 10.6. The van der Waals surface area contributed by atoms with E-state index in [1.807, 2.05) is 0 Å². The van der Waals surface area contributed by atoms with E-state index in [2.05, 4.69) is 39.0 Å². The summed E-state index contributed by atoms with van der Waals surface area (Å²) in [6, 6.07) is 6.67. The number of ether oxygens (including phenoxy) is 1. The predicted molar refractivity (Wildman–Crippen MR) is 67.6 cm³/mol. The average molecular weight is 218 g/mol. The van der Waals surface area contributed by atoms with Gasteiger partial charge in [0.15, 0.2) is 0 Å². The summed E-state index contributed by atoms with van der Waals surface area (Å²) in [4.78, 5) is 0. The van der Waals surface area contributed by atoms with Gasteiger partial charge in [0.2, 0.25) is 0 Å². The fourth-order valence-corrected chi connectivity index (χ4v) is 2.47. The first-order chi connectivity index (χ1) is 7.72. The van der Waals surface area contributed by atoms with Gasteiger partial charge >= 0.3 is 0 Å². The van der Waals surface area contributed by atoms with E-state index in [0.29, 0.717) is 12.0 Å². The third-order valence-electron chi connectivity index (χ3n) is 3.49. The highest BCUT2D eigenvalue weighted by Gasteiger charge is 2.23. The van der Waals surface area contributed by atoms with Crippen LogP contribution < -0.4 is 0 Å². The quantitative estimate of drug-likeness (QED) is 0.751. The Morgan fingerprint density at radius 2 is 2.19 bits per heavy atom. The van der Waals surface area contributed by atoms with Crippen molar-refractivity contribution in [2.75, 3.05) is 0 Å². The Balaban J connectivity index is 2.26. The van der Waals surface area contributed by atoms with E-state index >= 15 is 0 Å². The molecule has 0 saturated carbocycles. The van der Waals surface area contributed by atoms with Gasteiger partial charge in [-0.2, -0.15) is 0 Å². The molecule has 0 saturated heterocycles. The molecule has 1 aromatic carbocycles. The van der Waals surface area contributed by atoms with Crippen LogP contribution in [0.3, 0.4) is 0 Å². The summed E-state index contributed by atoms with van der Waals surface area (Å²) < 4.78 is 5.90. The SMILES string of the molecule is CCCc1cccc2c1C[C@@H](C(C)C)OC2. The molecule has 0 amide bonds. The van der Waals surface area contributed by atoms with Crippen LogP contribution >= 0.6 is 0 Å². The lowest BCUT2D eigenvalue weighted by atomic mass is 9.88. The van der Waals surface area contributed by atoms with Crippen molar-refractivity contribution in [1.29, 1.82) is 0 Å². The van der Waals surface area contributed by atoms with Gasteiger partial charge in [-0.25, -0.2) is 0 Å². The highest BCUT2D eigenvalue weighted by Crippen LogP contribution is 2.27. The van der Waals surface area contributed by atoms with Crippen molar-refractivity contribution in [3.8, 4) is 0 Å². The molecule has 0 spiro atoms. The van der Waals surface area contributed by atoms with Crippen LogP contribution in [0.2, 0.25) is 0 Å². The molecular weight excluding hydrogens is 196 g/mol. The van der Waals surface area contributed by atoms with Gasteiger partial charge in [0.25, 0.3) is 0 Å². The molecule has 2 rings (SSSR count). The van der Waals surface area contributed by atoms with Crippen molar-refractivity contribution in [2.45, 2.75) is 52.7 Å². The lowest BCUT2D eigenvalue weighted by Crippen LogP contribution is -2.28. The maximum absolute atomic E-state index is 5.90. The fourth-order valence-electron chi connectivity index (χ4n) is 2.47. The molecule has 1 heterocycles. The zero-order valence-electron chi connectivity index (χ0n) is 10.6. The Hall–Kier alpha value is -0.820. The standard InChI is InChI=1S/C15H22O/c1-4-6-12-7-5-8-13-10-16-15(11(2)3)9-14(12)13/h5,7-8,11,15H,4,6,9-10H2,1-3H3/t15-/m0/s1. The van der Waals surface area contributed by atoms with E-state index in [4.69, 9.17) is 4.74 Å². The second kappa shape index (κ2) is 5.01. The lowest BCUT2D eigenvalue weighted by molar-refractivity contribution is -0.000538. The topological polar surface area (TPSA) is 9.23 Å². The summed E-state index contributed by atoms with van der Waals surface area (Å²) in [5, 5.41) is 0. The van der Waals surface area contributed by atoms with Crippen LogP contribution in [0.4, 0.5) is 0 Å². The molecule has 1 nitrogen and oxygen atoms in total. The van der Waals surface area contributed by atoms with E-state index in [0.717, 1.165) is 13.0 Å². The normalized spacial score (nSPS) is 19.9. The monoisotopic (exact) mass is 218 g/mol. The molecule has 1 aliphatic heterocycles. The average Bonchev–Trinajstić information content (AvgIpc) is 2.29. The Morgan fingerprint density at radius 3 is 2.88 bits per heavy atom. The molecule has 1 atom stereocenters. The minimum atomic E-state index is 0.408. The second-order valence-electron chi connectivity index (χ2n) is 5.10. The molecule has 1 aliphatic rings. The molecule has 88 valence electrons. The first-order valence-electron chi connectivity index (χ1n) is 6.43. The van der Waals surface area contributed by atoms with Crippen LogP contribution in [0.15, 0.2) is 18.2 Å². The van der Waals surface area contributed by atoms with Crippen molar-refractivity contribution >= 4 is 0 Å². The number of aryl methyl sites for hydroxylation is 1. The van der Waals surface area contributed by atoms with Crippen molar-refractivity contribution in [3.63, 3.8) is 0 Å². The molecule has 0 fully saturated rings. The van der Waals surface area contributed by atoms with Gasteiger partial charge in [-0.05, 0) is 35.4 Å². The van der Waals surface area contributed by atoms with E-state index in [1.54, 1.807) is 5.56 Å². The zero-order chi connectivity index (χ0) is 11.5. The Morgan fingerprint density at radius 1 is 1.38 bits per heavy atom. The molecule has 1 heteroatoms. The largest absolute Gasteiger partial charge is 0.373 e. The molecule has 0 radical (unpaired) electrons. The Bertz CT molecular complexity index is 354. The number of fused-ring (bicyclic) bond motifs is 1. The molecule has 0 aliphatic carbocycles. The highest BCUT2D eigenvalue weighted by atomic mass is 16.5. The van der Waals surface area contributed by atoms with Crippen LogP contribution in [-0.4, -0.2) is 6.10 Å². The highest BCUT2D eigenvalue weighted by molar-refractivity contribution is 5.37. The summed E-state index contributed by atoms with van der Waals surface area (Å²) in [5.74, 6) is 0.614. The van der Waals surface area contributed by atoms with Gasteiger partial charge in [0, 0.05) is 0 Å². The number of hydrogen-bond acceptors (Lipinski definition) is 1.